The van der Waals surface area contributed by atoms with Crippen LogP contribution in [0.1, 0.15) is 59.3 Å². The Bertz CT molecular complexity index is 789. The number of esters is 5. The van der Waals surface area contributed by atoms with E-state index in [1.165, 1.54) is 7.11 Å². The molecule has 0 saturated carbocycles. The summed E-state index contributed by atoms with van der Waals surface area (Å²) in [4.78, 5) is 61.3. The summed E-state index contributed by atoms with van der Waals surface area (Å²) in [6.45, 7) is 5.20. The molecule has 0 radical (unpaired) electrons. The zero-order valence-corrected chi connectivity index (χ0v) is 17.8. The molecule has 3 aliphatic rings. The highest BCUT2D eigenvalue weighted by molar-refractivity contribution is 5.99. The van der Waals surface area contributed by atoms with Gasteiger partial charge in [-0.2, -0.15) is 0 Å². The SMILES string of the molecule is COC(=O)C(C)(CCC1(CC2(C)CCOC2=O)CCC(=O)O1)C1C(=O)OC(=O)C1C. The summed E-state index contributed by atoms with van der Waals surface area (Å²) in [5.41, 5.74) is -3.10. The summed E-state index contributed by atoms with van der Waals surface area (Å²) in [5.74, 6) is -4.58. The molecule has 9 nitrogen and oxygen atoms in total. The maximum absolute atomic E-state index is 12.7. The molecule has 0 bridgehead atoms. The van der Waals surface area contributed by atoms with E-state index in [0.717, 1.165) is 0 Å². The molecule has 3 aliphatic heterocycles. The molecule has 166 valence electrons. The Morgan fingerprint density at radius 1 is 1.20 bits per heavy atom. The summed E-state index contributed by atoms with van der Waals surface area (Å²) in [6, 6.07) is 0. The highest BCUT2D eigenvalue weighted by Crippen LogP contribution is 2.49. The van der Waals surface area contributed by atoms with Crippen LogP contribution in [0.15, 0.2) is 0 Å². The predicted octanol–water partition coefficient (Wildman–Crippen LogP) is 1.70. The van der Waals surface area contributed by atoms with Crippen molar-refractivity contribution in [3.63, 3.8) is 0 Å². The topological polar surface area (TPSA) is 122 Å². The quantitative estimate of drug-likeness (QED) is 0.341. The molecule has 3 heterocycles. The lowest BCUT2D eigenvalue weighted by Crippen LogP contribution is -2.45. The van der Waals surface area contributed by atoms with Crippen molar-refractivity contribution in [2.75, 3.05) is 13.7 Å². The largest absolute Gasteiger partial charge is 0.469 e. The van der Waals surface area contributed by atoms with Crippen molar-refractivity contribution in [2.24, 2.45) is 22.7 Å². The zero-order valence-electron chi connectivity index (χ0n) is 17.8. The van der Waals surface area contributed by atoms with E-state index in [1.54, 1.807) is 20.8 Å². The molecule has 0 aromatic rings. The molecule has 3 fully saturated rings. The van der Waals surface area contributed by atoms with Crippen molar-refractivity contribution in [2.45, 2.75) is 64.9 Å². The van der Waals surface area contributed by atoms with Gasteiger partial charge in [0.2, 0.25) is 0 Å². The molecule has 9 heteroatoms. The van der Waals surface area contributed by atoms with Gasteiger partial charge >= 0.3 is 29.8 Å². The van der Waals surface area contributed by atoms with Crippen LogP contribution in [-0.4, -0.2) is 49.2 Å². The van der Waals surface area contributed by atoms with Crippen molar-refractivity contribution in [3.05, 3.63) is 0 Å². The van der Waals surface area contributed by atoms with Crippen LogP contribution < -0.4 is 0 Å². The predicted molar refractivity (Wildman–Crippen MR) is 99.5 cm³/mol. The standard InChI is InChI=1S/C21H28O9/c1-12-14(16(24)29-15(12)23)20(3,18(26)27-4)7-8-21(6-5-13(22)30-21)11-19(2)9-10-28-17(19)25/h12,14H,5-11H2,1-4H3. The third-order valence-corrected chi connectivity index (χ3v) is 6.97. The van der Waals surface area contributed by atoms with Gasteiger partial charge in [0.1, 0.15) is 5.60 Å². The van der Waals surface area contributed by atoms with Gasteiger partial charge in [0, 0.05) is 12.8 Å². The monoisotopic (exact) mass is 424 g/mol. The van der Waals surface area contributed by atoms with E-state index in [1.807, 2.05) is 0 Å². The third kappa shape index (κ3) is 3.70. The van der Waals surface area contributed by atoms with E-state index in [-0.39, 0.29) is 37.6 Å². The molecule has 0 spiro atoms. The second kappa shape index (κ2) is 7.67. The van der Waals surface area contributed by atoms with Crippen LogP contribution in [0, 0.1) is 22.7 Å². The summed E-state index contributed by atoms with van der Waals surface area (Å²) in [5, 5.41) is 0. The van der Waals surface area contributed by atoms with E-state index in [2.05, 4.69) is 0 Å². The zero-order chi connectivity index (χ0) is 22.3. The van der Waals surface area contributed by atoms with Gasteiger partial charge < -0.3 is 18.9 Å². The average molecular weight is 424 g/mol. The van der Waals surface area contributed by atoms with E-state index >= 15 is 0 Å². The smallest absolute Gasteiger partial charge is 0.318 e. The van der Waals surface area contributed by atoms with Gasteiger partial charge in [-0.05, 0) is 39.5 Å². The molecule has 0 aromatic carbocycles. The minimum Gasteiger partial charge on any atom is -0.469 e. The molecule has 3 rings (SSSR count). The Kier molecular flexibility index (Phi) is 5.68. The number of hydrogen-bond acceptors (Lipinski definition) is 9. The molecular formula is C21H28O9. The molecule has 5 atom stereocenters. The highest BCUT2D eigenvalue weighted by atomic mass is 16.6. The van der Waals surface area contributed by atoms with E-state index in [9.17, 15) is 24.0 Å². The first kappa shape index (κ1) is 22.2. The van der Waals surface area contributed by atoms with Crippen LogP contribution in [-0.2, 0) is 42.9 Å². The number of rotatable bonds is 7. The second-order valence-corrected chi connectivity index (χ2v) is 9.20. The first-order valence-electron chi connectivity index (χ1n) is 10.2. The number of ether oxygens (including phenoxy) is 4. The van der Waals surface area contributed by atoms with E-state index in [0.29, 0.717) is 19.4 Å². The Morgan fingerprint density at radius 2 is 1.90 bits per heavy atom. The molecule has 0 amide bonds. The summed E-state index contributed by atoms with van der Waals surface area (Å²) in [6.07, 6.45) is 1.74. The lowest BCUT2D eigenvalue weighted by molar-refractivity contribution is -0.166. The number of hydrogen-bond donors (Lipinski definition) is 0. The van der Waals surface area contributed by atoms with Crippen molar-refractivity contribution in [1.82, 2.24) is 0 Å². The summed E-state index contributed by atoms with van der Waals surface area (Å²) >= 11 is 0. The van der Waals surface area contributed by atoms with Crippen LogP contribution in [0.5, 0.6) is 0 Å². The van der Waals surface area contributed by atoms with Crippen LogP contribution >= 0.6 is 0 Å². The van der Waals surface area contributed by atoms with Crippen molar-refractivity contribution >= 4 is 29.8 Å². The van der Waals surface area contributed by atoms with E-state index in [4.69, 9.17) is 18.9 Å². The number of cyclic esters (lactones) is 4. The fraction of sp³-hybridized carbons (Fsp3) is 0.762. The molecule has 0 aliphatic carbocycles. The number of carbonyl (C=O) groups excluding carboxylic acids is 5. The fourth-order valence-electron chi connectivity index (χ4n) is 5.09. The summed E-state index contributed by atoms with van der Waals surface area (Å²) < 4.78 is 20.5. The molecule has 5 unspecified atom stereocenters. The van der Waals surface area contributed by atoms with Crippen LogP contribution in [0.3, 0.4) is 0 Å². The van der Waals surface area contributed by atoms with Crippen molar-refractivity contribution in [3.8, 4) is 0 Å². The van der Waals surface area contributed by atoms with Crippen molar-refractivity contribution < 1.29 is 42.9 Å². The fourth-order valence-corrected chi connectivity index (χ4v) is 5.09. The Hall–Kier alpha value is -2.45. The molecule has 0 aromatic heterocycles. The van der Waals surface area contributed by atoms with Gasteiger partial charge in [-0.25, -0.2) is 0 Å². The Balaban J connectivity index is 1.87. The van der Waals surface area contributed by atoms with Gasteiger partial charge in [0.05, 0.1) is 36.4 Å². The van der Waals surface area contributed by atoms with Gasteiger partial charge in [-0.3, -0.25) is 24.0 Å². The van der Waals surface area contributed by atoms with Crippen LogP contribution in [0.2, 0.25) is 0 Å². The molecule has 30 heavy (non-hydrogen) atoms. The minimum atomic E-state index is -1.35. The number of methoxy groups -OCH3 is 1. The minimum absolute atomic E-state index is 0.121. The maximum Gasteiger partial charge on any atom is 0.318 e. The molecular weight excluding hydrogens is 396 g/mol. The Labute approximate surface area is 174 Å². The van der Waals surface area contributed by atoms with Gasteiger partial charge in [0.25, 0.3) is 0 Å². The lowest BCUT2D eigenvalue weighted by atomic mass is 9.66. The first-order chi connectivity index (χ1) is 14.0. The average Bonchev–Trinajstić information content (AvgIpc) is 3.29. The Morgan fingerprint density at radius 3 is 2.37 bits per heavy atom. The highest BCUT2D eigenvalue weighted by Gasteiger charge is 2.58. The lowest BCUT2D eigenvalue weighted by Gasteiger charge is -2.38. The van der Waals surface area contributed by atoms with Crippen LogP contribution in [0.4, 0.5) is 0 Å². The summed E-state index contributed by atoms with van der Waals surface area (Å²) in [7, 11) is 1.22. The third-order valence-electron chi connectivity index (χ3n) is 6.97. The van der Waals surface area contributed by atoms with Crippen LogP contribution in [0.25, 0.3) is 0 Å². The maximum atomic E-state index is 12.7. The second-order valence-electron chi connectivity index (χ2n) is 9.20. The first-order valence-corrected chi connectivity index (χ1v) is 10.2. The normalized spacial score (nSPS) is 35.6. The van der Waals surface area contributed by atoms with Gasteiger partial charge in [-0.1, -0.05) is 6.92 Å². The van der Waals surface area contributed by atoms with Crippen molar-refractivity contribution in [1.29, 1.82) is 0 Å². The molecule has 3 saturated heterocycles. The van der Waals surface area contributed by atoms with Gasteiger partial charge in [-0.15, -0.1) is 0 Å². The van der Waals surface area contributed by atoms with E-state index < -0.39 is 46.2 Å². The van der Waals surface area contributed by atoms with Gasteiger partial charge in [0.15, 0.2) is 0 Å². The molecule has 0 N–H and O–H groups in total. The number of carbonyl (C=O) groups is 5.